The summed E-state index contributed by atoms with van der Waals surface area (Å²) in [5.74, 6) is 0.0583. The number of para-hydroxylation sites is 2. The Morgan fingerprint density at radius 2 is 1.07 bits per heavy atom. The lowest BCUT2D eigenvalue weighted by atomic mass is 10.2. The smallest absolute Gasteiger partial charge is 0.262 e. The van der Waals surface area contributed by atoms with Gasteiger partial charge in [-0.2, -0.15) is 0 Å². The molecule has 142 valence electrons. The highest BCUT2D eigenvalue weighted by Crippen LogP contribution is 2.17. The fraction of sp³-hybridized carbons (Fsp3) is 0.0400. The molecular formula is C25H20N2O2. The van der Waals surface area contributed by atoms with E-state index in [9.17, 15) is 9.59 Å². The first kappa shape index (κ1) is 18.4. The maximum atomic E-state index is 12.3. The lowest BCUT2D eigenvalue weighted by Gasteiger charge is -2.03. The second-order valence-electron chi connectivity index (χ2n) is 6.68. The Kier molecular flexibility index (Phi) is 5.08. The fourth-order valence-corrected chi connectivity index (χ4v) is 3.34. The Labute approximate surface area is 168 Å². The molecule has 0 amide bonds. The van der Waals surface area contributed by atoms with Crippen molar-refractivity contribution in [2.45, 2.75) is 6.92 Å². The molecule has 0 spiro atoms. The highest BCUT2D eigenvalue weighted by atomic mass is 16.2. The van der Waals surface area contributed by atoms with Crippen LogP contribution in [0.1, 0.15) is 22.1 Å². The Morgan fingerprint density at radius 1 is 0.586 bits per heavy atom. The molecule has 0 radical (unpaired) electrons. The second-order valence-corrected chi connectivity index (χ2v) is 6.68. The van der Waals surface area contributed by atoms with E-state index in [1.165, 1.54) is 0 Å². The zero-order valence-electron chi connectivity index (χ0n) is 16.0. The second kappa shape index (κ2) is 7.98. The number of carbonyl (C=O) groups excluding carboxylic acids is 2. The van der Waals surface area contributed by atoms with Gasteiger partial charge in [0.05, 0.1) is 11.0 Å². The number of fused-ring (bicyclic) bond motifs is 2. The van der Waals surface area contributed by atoms with Crippen LogP contribution in [0.4, 0.5) is 0 Å². The number of hydrogen-bond acceptors (Lipinski definition) is 2. The van der Waals surface area contributed by atoms with Crippen LogP contribution in [-0.2, 0) is 0 Å². The molecule has 0 atom stereocenters. The van der Waals surface area contributed by atoms with Crippen LogP contribution in [0.3, 0.4) is 0 Å². The molecule has 4 nitrogen and oxygen atoms in total. The molecule has 0 aliphatic heterocycles. The Balaban J connectivity index is 0.000000150. The lowest BCUT2D eigenvalue weighted by Crippen LogP contribution is -2.10. The summed E-state index contributed by atoms with van der Waals surface area (Å²) in [5, 5.41) is 2.18. The Hall–Kier alpha value is -3.92. The minimum atomic E-state index is 0.00630. The summed E-state index contributed by atoms with van der Waals surface area (Å²) in [6, 6.07) is 28.9. The van der Waals surface area contributed by atoms with Gasteiger partial charge in [-0.05, 0) is 36.4 Å². The maximum absolute atomic E-state index is 12.3. The third-order valence-electron chi connectivity index (χ3n) is 4.78. The third-order valence-corrected chi connectivity index (χ3v) is 4.78. The van der Waals surface area contributed by atoms with Crippen molar-refractivity contribution in [3.63, 3.8) is 0 Å². The van der Waals surface area contributed by atoms with Gasteiger partial charge in [0, 0.05) is 35.7 Å². The Morgan fingerprint density at radius 3 is 1.66 bits per heavy atom. The van der Waals surface area contributed by atoms with Gasteiger partial charge in [0.2, 0.25) is 5.91 Å². The van der Waals surface area contributed by atoms with Crippen LogP contribution in [-0.4, -0.2) is 20.9 Å². The van der Waals surface area contributed by atoms with Crippen LogP contribution in [0, 0.1) is 0 Å². The van der Waals surface area contributed by atoms with E-state index in [0.717, 1.165) is 21.8 Å². The van der Waals surface area contributed by atoms with Crippen molar-refractivity contribution in [3.8, 4) is 0 Å². The van der Waals surface area contributed by atoms with Crippen LogP contribution in [0.2, 0.25) is 0 Å². The van der Waals surface area contributed by atoms with Crippen molar-refractivity contribution in [1.82, 2.24) is 9.13 Å². The number of rotatable bonds is 1. The molecule has 0 N–H and O–H groups in total. The molecule has 0 saturated carbocycles. The molecule has 0 unspecified atom stereocenters. The number of nitrogens with zero attached hydrogens (tertiary/aromatic N) is 2. The van der Waals surface area contributed by atoms with Crippen molar-refractivity contribution >= 4 is 33.6 Å². The fourth-order valence-electron chi connectivity index (χ4n) is 3.34. The van der Waals surface area contributed by atoms with Gasteiger partial charge in [0.1, 0.15) is 0 Å². The van der Waals surface area contributed by atoms with Gasteiger partial charge in [-0.15, -0.1) is 0 Å². The molecule has 0 saturated heterocycles. The maximum Gasteiger partial charge on any atom is 0.262 e. The summed E-state index contributed by atoms with van der Waals surface area (Å²) in [4.78, 5) is 23.4. The molecule has 29 heavy (non-hydrogen) atoms. The van der Waals surface area contributed by atoms with Crippen LogP contribution in [0.25, 0.3) is 21.8 Å². The highest BCUT2D eigenvalue weighted by Gasteiger charge is 2.10. The minimum Gasteiger partial charge on any atom is -0.287 e. The van der Waals surface area contributed by atoms with Gasteiger partial charge in [-0.25, -0.2) is 0 Å². The van der Waals surface area contributed by atoms with E-state index in [-0.39, 0.29) is 11.8 Å². The molecule has 2 aromatic heterocycles. The first-order valence-corrected chi connectivity index (χ1v) is 9.38. The predicted molar refractivity (Wildman–Crippen MR) is 116 cm³/mol. The lowest BCUT2D eigenvalue weighted by molar-refractivity contribution is 0.0939. The van der Waals surface area contributed by atoms with Gasteiger partial charge in [0.15, 0.2) is 0 Å². The largest absolute Gasteiger partial charge is 0.287 e. The zero-order chi connectivity index (χ0) is 20.2. The first-order valence-electron chi connectivity index (χ1n) is 9.38. The average molecular weight is 380 g/mol. The predicted octanol–water partition coefficient (Wildman–Crippen LogP) is 5.63. The molecule has 2 heterocycles. The first-order chi connectivity index (χ1) is 14.1. The summed E-state index contributed by atoms with van der Waals surface area (Å²) in [7, 11) is 0. The summed E-state index contributed by atoms with van der Waals surface area (Å²) < 4.78 is 3.33. The molecule has 0 fully saturated rings. The number of aromatic nitrogens is 2. The van der Waals surface area contributed by atoms with Crippen LogP contribution < -0.4 is 0 Å². The number of hydrogen-bond donors (Lipinski definition) is 0. The molecule has 4 heteroatoms. The monoisotopic (exact) mass is 380 g/mol. The zero-order valence-corrected chi connectivity index (χ0v) is 16.0. The molecule has 0 aliphatic rings. The van der Waals surface area contributed by atoms with Crippen LogP contribution >= 0.6 is 0 Å². The highest BCUT2D eigenvalue weighted by molar-refractivity contribution is 6.02. The van der Waals surface area contributed by atoms with Crippen molar-refractivity contribution in [1.29, 1.82) is 0 Å². The van der Waals surface area contributed by atoms with Gasteiger partial charge in [0.25, 0.3) is 5.91 Å². The minimum absolute atomic E-state index is 0.00630. The Bertz CT molecular complexity index is 1300. The van der Waals surface area contributed by atoms with E-state index in [4.69, 9.17) is 0 Å². The summed E-state index contributed by atoms with van der Waals surface area (Å²) in [6.07, 6.45) is 3.62. The van der Waals surface area contributed by atoms with E-state index < -0.39 is 0 Å². The number of carbonyl (C=O) groups is 2. The van der Waals surface area contributed by atoms with Crippen molar-refractivity contribution < 1.29 is 9.59 Å². The summed E-state index contributed by atoms with van der Waals surface area (Å²) >= 11 is 0. The molecule has 5 rings (SSSR count). The van der Waals surface area contributed by atoms with Gasteiger partial charge < -0.3 is 0 Å². The van der Waals surface area contributed by atoms with Gasteiger partial charge in [-0.1, -0.05) is 54.6 Å². The van der Waals surface area contributed by atoms with E-state index in [1.54, 1.807) is 22.3 Å². The standard InChI is InChI=1S/C15H11NO.C10H9NO/c17-15(13-7-2-1-3-8-13)16-11-10-12-6-4-5-9-14(12)16;1-8(12)11-7-6-9-4-2-3-5-10(9)11/h1-11H;2-7H,1H3. The van der Waals surface area contributed by atoms with E-state index in [2.05, 4.69) is 0 Å². The normalized spacial score (nSPS) is 10.5. The topological polar surface area (TPSA) is 44.0 Å². The molecule has 5 aromatic rings. The van der Waals surface area contributed by atoms with E-state index in [1.807, 2.05) is 97.2 Å². The molecule has 0 bridgehead atoms. The summed E-state index contributed by atoms with van der Waals surface area (Å²) in [6.45, 7) is 1.56. The van der Waals surface area contributed by atoms with Crippen LogP contribution in [0.15, 0.2) is 103 Å². The van der Waals surface area contributed by atoms with Crippen molar-refractivity contribution in [2.75, 3.05) is 0 Å². The van der Waals surface area contributed by atoms with Crippen molar-refractivity contribution in [3.05, 3.63) is 109 Å². The van der Waals surface area contributed by atoms with E-state index >= 15 is 0 Å². The summed E-state index contributed by atoms with van der Waals surface area (Å²) in [5.41, 5.74) is 2.63. The molecule has 0 aliphatic carbocycles. The van der Waals surface area contributed by atoms with E-state index in [0.29, 0.717) is 5.56 Å². The molecular weight excluding hydrogens is 360 g/mol. The van der Waals surface area contributed by atoms with Crippen LogP contribution in [0.5, 0.6) is 0 Å². The van der Waals surface area contributed by atoms with Gasteiger partial charge >= 0.3 is 0 Å². The van der Waals surface area contributed by atoms with Crippen molar-refractivity contribution in [2.24, 2.45) is 0 Å². The third kappa shape index (κ3) is 3.73. The number of benzene rings is 3. The average Bonchev–Trinajstić information content (AvgIpc) is 3.39. The molecule has 3 aromatic carbocycles. The SMILES string of the molecule is CC(=O)n1ccc2ccccc21.O=C(c1ccccc1)n1ccc2ccccc21. The quantitative estimate of drug-likeness (QED) is 0.378. The van der Waals surface area contributed by atoms with Gasteiger partial charge in [-0.3, -0.25) is 18.7 Å².